The van der Waals surface area contributed by atoms with Gasteiger partial charge in [0.05, 0.1) is 12.1 Å². The quantitative estimate of drug-likeness (QED) is 0.611. The van der Waals surface area contributed by atoms with Gasteiger partial charge in [-0.1, -0.05) is 74.8 Å². The molecule has 2 aromatic carbocycles. The molecule has 1 amide bonds. The van der Waals surface area contributed by atoms with E-state index in [1.807, 2.05) is 72.8 Å². The lowest BCUT2D eigenvalue weighted by Crippen LogP contribution is -2.47. The molecule has 5 nitrogen and oxygen atoms in total. The van der Waals surface area contributed by atoms with Crippen molar-refractivity contribution in [3.8, 4) is 0 Å². The Labute approximate surface area is 170 Å². The van der Waals surface area contributed by atoms with E-state index in [-0.39, 0.29) is 18.0 Å². The molecule has 0 radical (unpaired) electrons. The molecular formula is C22H23ClN4O. The van der Waals surface area contributed by atoms with Crippen LogP contribution < -0.4 is 4.90 Å². The molecule has 0 fully saturated rings. The number of aromatic nitrogens is 3. The number of rotatable bonds is 2. The monoisotopic (exact) mass is 394 g/mol. The summed E-state index contributed by atoms with van der Waals surface area (Å²) in [5, 5.41) is 5.16. The lowest BCUT2D eigenvalue weighted by Gasteiger charge is -2.41. The summed E-state index contributed by atoms with van der Waals surface area (Å²) in [6, 6.07) is 17.8. The normalized spacial score (nSPS) is 19.4. The highest BCUT2D eigenvalue weighted by Gasteiger charge is 2.42. The number of anilines is 1. The second-order valence-electron chi connectivity index (χ2n) is 8.16. The molecule has 1 aliphatic heterocycles. The zero-order valence-corrected chi connectivity index (χ0v) is 17.0. The Kier molecular flexibility index (Phi) is 4.71. The first-order valence-corrected chi connectivity index (χ1v) is 9.77. The number of carbonyl (C=O) groups excluding carboxylic acids is 1. The topological polar surface area (TPSA) is 51.0 Å². The zero-order valence-electron chi connectivity index (χ0n) is 16.2. The Morgan fingerprint density at radius 3 is 2.29 bits per heavy atom. The number of nitrogens with zero attached hydrogens (tertiary/aromatic N) is 4. The summed E-state index contributed by atoms with van der Waals surface area (Å²) < 4.78 is 1.85. The molecule has 28 heavy (non-hydrogen) atoms. The second-order valence-corrected chi connectivity index (χ2v) is 8.60. The van der Waals surface area contributed by atoms with Crippen molar-refractivity contribution in [3.63, 3.8) is 0 Å². The molecule has 2 atom stereocenters. The van der Waals surface area contributed by atoms with E-state index < -0.39 is 5.41 Å². The van der Waals surface area contributed by atoms with Crippen molar-refractivity contribution < 1.29 is 4.79 Å². The van der Waals surface area contributed by atoms with Crippen molar-refractivity contribution in [1.82, 2.24) is 14.8 Å². The van der Waals surface area contributed by atoms with Crippen LogP contribution in [0.5, 0.6) is 0 Å². The third-order valence-corrected chi connectivity index (χ3v) is 5.37. The van der Waals surface area contributed by atoms with Gasteiger partial charge in [-0.2, -0.15) is 10.1 Å². The van der Waals surface area contributed by atoms with Gasteiger partial charge in [0.25, 0.3) is 0 Å². The minimum absolute atomic E-state index is 0.0241. The van der Waals surface area contributed by atoms with E-state index in [2.05, 4.69) is 22.2 Å². The number of carbonyl (C=O) groups is 1. The van der Waals surface area contributed by atoms with E-state index in [9.17, 15) is 4.79 Å². The van der Waals surface area contributed by atoms with Gasteiger partial charge >= 0.3 is 0 Å². The summed E-state index contributed by atoms with van der Waals surface area (Å²) in [7, 11) is 0. The Hall–Kier alpha value is -2.66. The first-order chi connectivity index (χ1) is 13.4. The predicted molar refractivity (Wildman–Crippen MR) is 110 cm³/mol. The van der Waals surface area contributed by atoms with Crippen LogP contribution in [-0.4, -0.2) is 20.7 Å². The van der Waals surface area contributed by atoms with E-state index >= 15 is 0 Å². The SMILES string of the molecule is CC(C)(C)C(=O)N1c2ncnn2[C@@H](c2ccc(Cl)cc2)C[C@@H]1c1ccccc1. The van der Waals surface area contributed by atoms with Gasteiger partial charge in [0.1, 0.15) is 6.33 Å². The van der Waals surface area contributed by atoms with Gasteiger partial charge in [-0.15, -0.1) is 0 Å². The van der Waals surface area contributed by atoms with Crippen LogP contribution in [0.25, 0.3) is 0 Å². The molecule has 0 bridgehead atoms. The second kappa shape index (κ2) is 7.06. The number of hydrogen-bond donors (Lipinski definition) is 0. The van der Waals surface area contributed by atoms with Crippen LogP contribution in [0.4, 0.5) is 5.95 Å². The molecule has 4 rings (SSSR count). The molecule has 1 aliphatic rings. The van der Waals surface area contributed by atoms with Crippen LogP contribution in [-0.2, 0) is 4.79 Å². The summed E-state index contributed by atoms with van der Waals surface area (Å²) >= 11 is 6.08. The smallest absolute Gasteiger partial charge is 0.235 e. The van der Waals surface area contributed by atoms with Crippen LogP contribution in [0.15, 0.2) is 60.9 Å². The van der Waals surface area contributed by atoms with E-state index in [4.69, 9.17) is 11.6 Å². The largest absolute Gasteiger partial charge is 0.274 e. The van der Waals surface area contributed by atoms with Crippen molar-refractivity contribution in [2.45, 2.75) is 39.3 Å². The molecule has 0 saturated heterocycles. The van der Waals surface area contributed by atoms with Crippen LogP contribution in [0.2, 0.25) is 5.02 Å². The fourth-order valence-corrected chi connectivity index (χ4v) is 3.83. The number of hydrogen-bond acceptors (Lipinski definition) is 3. The van der Waals surface area contributed by atoms with Gasteiger partial charge in [-0.3, -0.25) is 9.69 Å². The number of amides is 1. The van der Waals surface area contributed by atoms with E-state index in [1.54, 1.807) is 0 Å². The minimum atomic E-state index is -0.531. The Balaban J connectivity index is 1.86. The van der Waals surface area contributed by atoms with Gasteiger partial charge < -0.3 is 0 Å². The van der Waals surface area contributed by atoms with E-state index in [0.717, 1.165) is 11.1 Å². The highest BCUT2D eigenvalue weighted by molar-refractivity contribution is 6.30. The van der Waals surface area contributed by atoms with Crippen LogP contribution >= 0.6 is 11.6 Å². The lowest BCUT2D eigenvalue weighted by atomic mass is 9.88. The third kappa shape index (κ3) is 3.31. The van der Waals surface area contributed by atoms with Gasteiger partial charge in [-0.05, 0) is 29.7 Å². The molecular weight excluding hydrogens is 372 g/mol. The average molecular weight is 395 g/mol. The van der Waals surface area contributed by atoms with Crippen molar-refractivity contribution in [1.29, 1.82) is 0 Å². The molecule has 2 heterocycles. The standard InChI is InChI=1S/C22H23ClN4O/c1-22(2,3)20(28)26-18(15-7-5-4-6-8-15)13-19(27-21(26)24-14-25-27)16-9-11-17(23)12-10-16/h4-12,14,18-19H,13H2,1-3H3/t18-,19-/m1/s1. The summed E-state index contributed by atoms with van der Waals surface area (Å²) in [5.74, 6) is 0.616. The van der Waals surface area contributed by atoms with Crippen LogP contribution in [0, 0.1) is 5.41 Å². The Morgan fingerprint density at radius 2 is 1.64 bits per heavy atom. The van der Waals surface area contributed by atoms with E-state index in [0.29, 0.717) is 17.4 Å². The highest BCUT2D eigenvalue weighted by atomic mass is 35.5. The maximum absolute atomic E-state index is 13.4. The fraction of sp³-hybridized carbons (Fsp3) is 0.318. The van der Waals surface area contributed by atoms with Gasteiger partial charge in [0.15, 0.2) is 0 Å². The lowest BCUT2D eigenvalue weighted by molar-refractivity contribution is -0.126. The van der Waals surface area contributed by atoms with E-state index in [1.165, 1.54) is 6.33 Å². The first-order valence-electron chi connectivity index (χ1n) is 9.40. The van der Waals surface area contributed by atoms with Crippen LogP contribution in [0.1, 0.15) is 50.4 Å². The predicted octanol–water partition coefficient (Wildman–Crippen LogP) is 5.05. The molecule has 144 valence electrons. The number of benzene rings is 2. The van der Waals surface area contributed by atoms with Crippen molar-refractivity contribution >= 4 is 23.5 Å². The van der Waals surface area contributed by atoms with Crippen molar-refractivity contribution in [2.75, 3.05) is 4.90 Å². The van der Waals surface area contributed by atoms with Crippen molar-refractivity contribution in [2.24, 2.45) is 5.41 Å². The van der Waals surface area contributed by atoms with Crippen molar-refractivity contribution in [3.05, 3.63) is 77.1 Å². The Morgan fingerprint density at radius 1 is 1.00 bits per heavy atom. The molecule has 0 unspecified atom stereocenters. The molecule has 0 spiro atoms. The summed E-state index contributed by atoms with van der Waals surface area (Å²) in [5.41, 5.74) is 1.66. The minimum Gasteiger partial charge on any atom is -0.274 e. The molecule has 1 aromatic heterocycles. The maximum Gasteiger partial charge on any atom is 0.235 e. The number of halogens is 1. The molecule has 3 aromatic rings. The molecule has 0 N–H and O–H groups in total. The zero-order chi connectivity index (χ0) is 19.9. The first kappa shape index (κ1) is 18.7. The average Bonchev–Trinajstić information content (AvgIpc) is 3.16. The van der Waals surface area contributed by atoms with Gasteiger partial charge in [0.2, 0.25) is 11.9 Å². The molecule has 0 saturated carbocycles. The maximum atomic E-state index is 13.4. The fourth-order valence-electron chi connectivity index (χ4n) is 3.71. The summed E-state index contributed by atoms with van der Waals surface area (Å²) in [6.07, 6.45) is 2.23. The van der Waals surface area contributed by atoms with Gasteiger partial charge in [0, 0.05) is 10.4 Å². The summed E-state index contributed by atoms with van der Waals surface area (Å²) in [4.78, 5) is 19.7. The molecule has 0 aliphatic carbocycles. The summed E-state index contributed by atoms with van der Waals surface area (Å²) in [6.45, 7) is 5.80. The number of fused-ring (bicyclic) bond motifs is 1. The third-order valence-electron chi connectivity index (χ3n) is 5.12. The van der Waals surface area contributed by atoms with Gasteiger partial charge in [-0.25, -0.2) is 4.68 Å². The van der Waals surface area contributed by atoms with Crippen LogP contribution in [0.3, 0.4) is 0 Å². The Bertz CT molecular complexity index is 976. The molecule has 6 heteroatoms. The highest BCUT2D eigenvalue weighted by Crippen LogP contribution is 2.43.